The second-order valence-electron chi connectivity index (χ2n) is 6.10. The summed E-state index contributed by atoms with van der Waals surface area (Å²) in [5.74, 6) is -1.36. The van der Waals surface area contributed by atoms with E-state index in [9.17, 15) is 14.4 Å². The summed E-state index contributed by atoms with van der Waals surface area (Å²) in [5.41, 5.74) is -0.0593. The molecule has 6 nitrogen and oxygen atoms in total. The van der Waals surface area contributed by atoms with Crippen LogP contribution in [0.15, 0.2) is 24.3 Å². The molecule has 2 N–H and O–H groups in total. The number of carbonyl (C=O) groups is 3. The lowest BCUT2D eigenvalue weighted by atomic mass is 9.90. The van der Waals surface area contributed by atoms with Gasteiger partial charge in [0.15, 0.2) is 0 Å². The number of carboxylic acids is 1. The molecule has 0 atom stereocenters. The molecule has 0 radical (unpaired) electrons. The molecule has 0 saturated heterocycles. The molecule has 1 aromatic carbocycles. The van der Waals surface area contributed by atoms with Crippen LogP contribution in [0.25, 0.3) is 0 Å². The quantitative estimate of drug-likeness (QED) is 0.804. The van der Waals surface area contributed by atoms with E-state index in [0.29, 0.717) is 24.1 Å². The Balaban J connectivity index is 2.71. The Labute approximate surface area is 136 Å². The van der Waals surface area contributed by atoms with Crippen LogP contribution in [0.3, 0.4) is 0 Å². The van der Waals surface area contributed by atoms with Crippen LogP contribution in [0.1, 0.15) is 47.9 Å². The molecular formula is C17H24N2O4. The molecular weight excluding hydrogens is 296 g/mol. The summed E-state index contributed by atoms with van der Waals surface area (Å²) in [6.07, 6.45) is 0.325. The van der Waals surface area contributed by atoms with Gasteiger partial charge >= 0.3 is 5.97 Å². The molecule has 0 fully saturated rings. The van der Waals surface area contributed by atoms with Gasteiger partial charge in [-0.25, -0.2) is 0 Å². The second-order valence-corrected chi connectivity index (χ2v) is 6.10. The fourth-order valence-corrected chi connectivity index (χ4v) is 1.85. The van der Waals surface area contributed by atoms with E-state index < -0.39 is 11.4 Å². The van der Waals surface area contributed by atoms with Crippen LogP contribution in [0.4, 0.5) is 0 Å². The van der Waals surface area contributed by atoms with Gasteiger partial charge in [-0.15, -0.1) is 0 Å². The third kappa shape index (κ3) is 5.09. The number of amides is 2. The zero-order valence-corrected chi connectivity index (χ0v) is 14.0. The Morgan fingerprint density at radius 3 is 2.39 bits per heavy atom. The lowest BCUT2D eigenvalue weighted by molar-refractivity contribution is -0.147. The van der Waals surface area contributed by atoms with Crippen LogP contribution in [-0.2, 0) is 4.79 Å². The van der Waals surface area contributed by atoms with E-state index in [-0.39, 0.29) is 18.4 Å². The highest BCUT2D eigenvalue weighted by atomic mass is 16.4. The number of carboxylic acid groups (broad SMARTS) is 1. The van der Waals surface area contributed by atoms with E-state index in [1.54, 1.807) is 50.1 Å². The van der Waals surface area contributed by atoms with E-state index in [0.717, 1.165) is 0 Å². The SMILES string of the molecule is CCN(C)C(=O)c1cccc(C(=O)NCCC(C)(C)C(=O)O)c1. The van der Waals surface area contributed by atoms with Gasteiger partial charge in [-0.05, 0) is 45.4 Å². The molecule has 0 aliphatic carbocycles. The largest absolute Gasteiger partial charge is 0.481 e. The number of carbonyl (C=O) groups excluding carboxylic acids is 2. The van der Waals surface area contributed by atoms with E-state index in [1.807, 2.05) is 6.92 Å². The van der Waals surface area contributed by atoms with Gasteiger partial charge in [0.05, 0.1) is 5.41 Å². The van der Waals surface area contributed by atoms with E-state index in [1.165, 1.54) is 0 Å². The smallest absolute Gasteiger partial charge is 0.309 e. The number of hydrogen-bond acceptors (Lipinski definition) is 3. The van der Waals surface area contributed by atoms with Gasteiger partial charge in [0.2, 0.25) is 0 Å². The topological polar surface area (TPSA) is 86.7 Å². The molecule has 0 bridgehead atoms. The maximum Gasteiger partial charge on any atom is 0.309 e. The number of aliphatic carboxylic acids is 1. The molecule has 2 amide bonds. The number of nitrogens with zero attached hydrogens (tertiary/aromatic N) is 1. The minimum absolute atomic E-state index is 0.144. The normalized spacial score (nSPS) is 11.0. The maximum absolute atomic E-state index is 12.1. The van der Waals surface area contributed by atoms with Crippen LogP contribution >= 0.6 is 0 Å². The Kier molecular flexibility index (Phi) is 6.30. The molecule has 6 heteroatoms. The van der Waals surface area contributed by atoms with Gasteiger partial charge in [-0.3, -0.25) is 14.4 Å². The van der Waals surface area contributed by atoms with Crippen LogP contribution in [0.2, 0.25) is 0 Å². The fourth-order valence-electron chi connectivity index (χ4n) is 1.85. The summed E-state index contributed by atoms with van der Waals surface area (Å²) < 4.78 is 0. The molecule has 126 valence electrons. The first-order valence-corrected chi connectivity index (χ1v) is 7.56. The van der Waals surface area contributed by atoms with Crippen molar-refractivity contribution in [3.63, 3.8) is 0 Å². The van der Waals surface area contributed by atoms with Gasteiger partial charge in [0.25, 0.3) is 11.8 Å². The predicted octanol–water partition coefficient (Wildman–Crippen LogP) is 2.01. The van der Waals surface area contributed by atoms with E-state index >= 15 is 0 Å². The van der Waals surface area contributed by atoms with Crippen molar-refractivity contribution in [1.82, 2.24) is 10.2 Å². The zero-order valence-electron chi connectivity index (χ0n) is 14.0. The van der Waals surface area contributed by atoms with Crippen LogP contribution in [-0.4, -0.2) is 47.9 Å². The van der Waals surface area contributed by atoms with Crippen molar-refractivity contribution in [2.24, 2.45) is 5.41 Å². The summed E-state index contributed by atoms with van der Waals surface area (Å²) in [6, 6.07) is 6.50. The Hall–Kier alpha value is -2.37. The van der Waals surface area contributed by atoms with E-state index in [2.05, 4.69) is 5.32 Å². The third-order valence-electron chi connectivity index (χ3n) is 3.81. The lowest BCUT2D eigenvalue weighted by Gasteiger charge is -2.19. The Morgan fingerprint density at radius 2 is 1.83 bits per heavy atom. The van der Waals surface area contributed by atoms with Crippen LogP contribution < -0.4 is 5.32 Å². The highest BCUT2D eigenvalue weighted by molar-refractivity contribution is 5.99. The molecule has 0 spiro atoms. The molecule has 0 aliphatic rings. The summed E-state index contributed by atoms with van der Waals surface area (Å²) in [6.45, 7) is 5.94. The molecule has 1 aromatic rings. The summed E-state index contributed by atoms with van der Waals surface area (Å²) in [7, 11) is 1.70. The molecule has 23 heavy (non-hydrogen) atoms. The minimum atomic E-state index is -0.901. The molecule has 0 aromatic heterocycles. The first-order chi connectivity index (χ1) is 10.7. The average Bonchev–Trinajstić information content (AvgIpc) is 2.53. The number of hydrogen-bond donors (Lipinski definition) is 2. The molecule has 0 saturated carbocycles. The van der Waals surface area contributed by atoms with Gasteiger partial charge in [-0.1, -0.05) is 6.07 Å². The van der Waals surface area contributed by atoms with Crippen molar-refractivity contribution in [1.29, 1.82) is 0 Å². The number of rotatable bonds is 7. The van der Waals surface area contributed by atoms with Crippen LogP contribution in [0, 0.1) is 5.41 Å². The van der Waals surface area contributed by atoms with Gasteiger partial charge in [0.1, 0.15) is 0 Å². The minimum Gasteiger partial charge on any atom is -0.481 e. The summed E-state index contributed by atoms with van der Waals surface area (Å²) in [4.78, 5) is 36.8. The first-order valence-electron chi connectivity index (χ1n) is 7.56. The Bertz CT molecular complexity index is 596. The number of nitrogens with one attached hydrogen (secondary N) is 1. The van der Waals surface area contributed by atoms with Crippen molar-refractivity contribution in [3.8, 4) is 0 Å². The fraction of sp³-hybridized carbons (Fsp3) is 0.471. The molecule has 0 aliphatic heterocycles. The Morgan fingerprint density at radius 1 is 1.22 bits per heavy atom. The van der Waals surface area contributed by atoms with E-state index in [4.69, 9.17) is 5.11 Å². The monoisotopic (exact) mass is 320 g/mol. The second kappa shape index (κ2) is 7.76. The van der Waals surface area contributed by atoms with Crippen molar-refractivity contribution in [2.75, 3.05) is 20.1 Å². The summed E-state index contributed by atoms with van der Waals surface area (Å²) in [5, 5.41) is 11.7. The zero-order chi connectivity index (χ0) is 17.6. The third-order valence-corrected chi connectivity index (χ3v) is 3.81. The van der Waals surface area contributed by atoms with Crippen molar-refractivity contribution >= 4 is 17.8 Å². The van der Waals surface area contributed by atoms with Crippen molar-refractivity contribution < 1.29 is 19.5 Å². The standard InChI is InChI=1S/C17H24N2O4/c1-5-19(4)15(21)13-8-6-7-12(11-13)14(20)18-10-9-17(2,3)16(22)23/h6-8,11H,5,9-10H2,1-4H3,(H,18,20)(H,22,23). The molecule has 0 unspecified atom stereocenters. The van der Waals surface area contributed by atoms with Gasteiger partial charge in [0, 0.05) is 31.3 Å². The summed E-state index contributed by atoms with van der Waals surface area (Å²) >= 11 is 0. The molecule has 1 rings (SSSR count). The lowest BCUT2D eigenvalue weighted by Crippen LogP contribution is -2.32. The van der Waals surface area contributed by atoms with Crippen LogP contribution in [0.5, 0.6) is 0 Å². The average molecular weight is 320 g/mol. The highest BCUT2D eigenvalue weighted by Crippen LogP contribution is 2.19. The van der Waals surface area contributed by atoms with Gasteiger partial charge < -0.3 is 15.3 Å². The highest BCUT2D eigenvalue weighted by Gasteiger charge is 2.26. The maximum atomic E-state index is 12.1. The van der Waals surface area contributed by atoms with Crippen molar-refractivity contribution in [3.05, 3.63) is 35.4 Å². The first kappa shape index (κ1) is 18.7. The van der Waals surface area contributed by atoms with Gasteiger partial charge in [-0.2, -0.15) is 0 Å². The van der Waals surface area contributed by atoms with Crippen molar-refractivity contribution in [2.45, 2.75) is 27.2 Å². The number of benzene rings is 1. The predicted molar refractivity (Wildman–Crippen MR) is 87.4 cm³/mol. The molecule has 0 heterocycles.